The lowest BCUT2D eigenvalue weighted by Crippen LogP contribution is -2.44. The number of hydrogen-bond donors (Lipinski definition) is 0. The maximum Gasteiger partial charge on any atom is 0.282 e. The van der Waals surface area contributed by atoms with Crippen molar-refractivity contribution < 1.29 is 8.42 Å². The molecule has 0 unspecified atom stereocenters. The van der Waals surface area contributed by atoms with E-state index in [1.165, 1.54) is 0 Å². The third kappa shape index (κ3) is 3.09. The summed E-state index contributed by atoms with van der Waals surface area (Å²) in [6, 6.07) is 3.82. The Morgan fingerprint density at radius 3 is 2.40 bits per heavy atom. The quantitative estimate of drug-likeness (QED) is 0.777. The van der Waals surface area contributed by atoms with E-state index in [4.69, 9.17) is 0 Å². The maximum atomic E-state index is 12.8. The van der Waals surface area contributed by atoms with Crippen molar-refractivity contribution in [3.63, 3.8) is 0 Å². The van der Waals surface area contributed by atoms with Gasteiger partial charge in [-0.1, -0.05) is 0 Å². The lowest BCUT2D eigenvalue weighted by molar-refractivity contribution is 0.373. The van der Waals surface area contributed by atoms with Gasteiger partial charge in [-0.3, -0.25) is 0 Å². The van der Waals surface area contributed by atoms with E-state index in [2.05, 4.69) is 20.2 Å². The average molecular weight is 365 g/mol. The summed E-state index contributed by atoms with van der Waals surface area (Å²) in [6.07, 6.45) is 2.71. The molecule has 0 amide bonds. The van der Waals surface area contributed by atoms with E-state index in [1.54, 1.807) is 13.1 Å². The summed E-state index contributed by atoms with van der Waals surface area (Å²) in [5, 5.41) is 12.7. The van der Waals surface area contributed by atoms with Crippen LogP contribution < -0.4 is 4.90 Å². The van der Waals surface area contributed by atoms with Gasteiger partial charge >= 0.3 is 0 Å². The van der Waals surface area contributed by atoms with Crippen LogP contribution in [-0.4, -0.2) is 76.1 Å². The third-order valence-corrected chi connectivity index (χ3v) is 6.94. The number of aromatic nitrogens is 4. The molecule has 4 heterocycles. The highest BCUT2D eigenvalue weighted by molar-refractivity contribution is 7.86. The molecule has 0 bridgehead atoms. The van der Waals surface area contributed by atoms with E-state index in [1.807, 2.05) is 19.1 Å². The van der Waals surface area contributed by atoms with Gasteiger partial charge in [0.25, 0.3) is 10.2 Å². The molecule has 2 aliphatic heterocycles. The molecule has 10 heteroatoms. The smallest absolute Gasteiger partial charge is 0.282 e. The van der Waals surface area contributed by atoms with Gasteiger partial charge in [0, 0.05) is 39.3 Å². The predicted molar refractivity (Wildman–Crippen MR) is 93.6 cm³/mol. The lowest BCUT2D eigenvalue weighted by atomic mass is 10.4. The molecule has 0 N–H and O–H groups in total. The zero-order valence-electron chi connectivity index (χ0n) is 14.4. The number of fused-ring (bicyclic) bond motifs is 1. The Morgan fingerprint density at radius 1 is 0.880 bits per heavy atom. The van der Waals surface area contributed by atoms with Crippen LogP contribution in [-0.2, 0) is 10.2 Å². The van der Waals surface area contributed by atoms with Gasteiger partial charge in [0.2, 0.25) is 0 Å². The third-order valence-electron chi connectivity index (χ3n) is 4.90. The summed E-state index contributed by atoms with van der Waals surface area (Å²) >= 11 is 0. The second-order valence-electron chi connectivity index (χ2n) is 6.56. The Labute approximate surface area is 147 Å². The van der Waals surface area contributed by atoms with Gasteiger partial charge in [-0.05, 0) is 38.3 Å². The number of hydrogen-bond acceptors (Lipinski definition) is 6. The van der Waals surface area contributed by atoms with Crippen LogP contribution in [0.15, 0.2) is 12.1 Å². The number of rotatable bonds is 3. The molecule has 25 heavy (non-hydrogen) atoms. The molecule has 9 nitrogen and oxygen atoms in total. The predicted octanol–water partition coefficient (Wildman–Crippen LogP) is 0.285. The van der Waals surface area contributed by atoms with Gasteiger partial charge in [0.1, 0.15) is 5.82 Å². The van der Waals surface area contributed by atoms with Crippen molar-refractivity contribution in [1.29, 1.82) is 0 Å². The normalized spacial score (nSPS) is 21.1. The lowest BCUT2D eigenvalue weighted by Gasteiger charge is -2.26. The molecular weight excluding hydrogens is 342 g/mol. The Kier molecular flexibility index (Phi) is 4.34. The summed E-state index contributed by atoms with van der Waals surface area (Å²) in [7, 11) is -3.33. The van der Waals surface area contributed by atoms with Crippen molar-refractivity contribution in [2.75, 3.05) is 44.2 Å². The van der Waals surface area contributed by atoms with Gasteiger partial charge in [-0.2, -0.15) is 21.5 Å². The SMILES string of the molecule is Cc1nnc2ccc(N3CCCN(S(=O)(=O)N4CCCC4)CC3)nn12. The molecule has 136 valence electrons. The molecule has 2 aromatic rings. The first kappa shape index (κ1) is 16.7. The van der Waals surface area contributed by atoms with E-state index in [0.717, 1.165) is 37.4 Å². The van der Waals surface area contributed by atoms with Crippen LogP contribution in [0, 0.1) is 6.92 Å². The number of anilines is 1. The van der Waals surface area contributed by atoms with Crippen LogP contribution >= 0.6 is 0 Å². The topological polar surface area (TPSA) is 86.9 Å². The Bertz CT molecular complexity index is 860. The highest BCUT2D eigenvalue weighted by Gasteiger charge is 2.32. The molecule has 0 atom stereocenters. The van der Waals surface area contributed by atoms with Gasteiger partial charge in [0.05, 0.1) is 0 Å². The van der Waals surface area contributed by atoms with Crippen molar-refractivity contribution in [2.24, 2.45) is 0 Å². The number of aryl methyl sites for hydroxylation is 1. The fourth-order valence-electron chi connectivity index (χ4n) is 3.49. The second kappa shape index (κ2) is 6.50. The Morgan fingerprint density at radius 2 is 1.60 bits per heavy atom. The molecule has 0 spiro atoms. The van der Waals surface area contributed by atoms with Crippen molar-refractivity contribution in [2.45, 2.75) is 26.2 Å². The van der Waals surface area contributed by atoms with E-state index in [-0.39, 0.29) is 0 Å². The van der Waals surface area contributed by atoms with E-state index in [9.17, 15) is 8.42 Å². The summed E-state index contributed by atoms with van der Waals surface area (Å²) in [5.41, 5.74) is 0.717. The second-order valence-corrected chi connectivity index (χ2v) is 8.49. The van der Waals surface area contributed by atoms with Crippen LogP contribution in [0.3, 0.4) is 0 Å². The van der Waals surface area contributed by atoms with Gasteiger partial charge in [0.15, 0.2) is 11.5 Å². The first-order chi connectivity index (χ1) is 12.1. The minimum Gasteiger partial charge on any atom is -0.354 e. The molecule has 2 aromatic heterocycles. The first-order valence-electron chi connectivity index (χ1n) is 8.75. The average Bonchev–Trinajstić information content (AvgIpc) is 3.20. The van der Waals surface area contributed by atoms with E-state index < -0.39 is 10.2 Å². The minimum absolute atomic E-state index is 0.486. The summed E-state index contributed by atoms with van der Waals surface area (Å²) < 4.78 is 30.5. The van der Waals surface area contributed by atoms with Crippen LogP contribution in [0.2, 0.25) is 0 Å². The van der Waals surface area contributed by atoms with Crippen LogP contribution in [0.1, 0.15) is 25.1 Å². The van der Waals surface area contributed by atoms with Crippen molar-refractivity contribution in [1.82, 2.24) is 28.4 Å². The van der Waals surface area contributed by atoms with Crippen molar-refractivity contribution in [3.8, 4) is 0 Å². The van der Waals surface area contributed by atoms with Crippen LogP contribution in [0.25, 0.3) is 5.65 Å². The molecular formula is C15H23N7O2S. The largest absolute Gasteiger partial charge is 0.354 e. The molecule has 0 radical (unpaired) electrons. The van der Waals surface area contributed by atoms with Crippen molar-refractivity contribution in [3.05, 3.63) is 18.0 Å². The molecule has 2 fully saturated rings. The highest BCUT2D eigenvalue weighted by Crippen LogP contribution is 2.20. The number of nitrogens with zero attached hydrogens (tertiary/aromatic N) is 7. The first-order valence-corrected chi connectivity index (χ1v) is 10.1. The molecule has 2 saturated heterocycles. The van der Waals surface area contributed by atoms with E-state index >= 15 is 0 Å². The van der Waals surface area contributed by atoms with Gasteiger partial charge in [-0.25, -0.2) is 0 Å². The molecule has 0 aromatic carbocycles. The molecule has 0 saturated carbocycles. The fraction of sp³-hybridized carbons (Fsp3) is 0.667. The van der Waals surface area contributed by atoms with Crippen LogP contribution in [0.4, 0.5) is 5.82 Å². The van der Waals surface area contributed by atoms with Gasteiger partial charge in [-0.15, -0.1) is 15.3 Å². The maximum absolute atomic E-state index is 12.8. The summed E-state index contributed by atoms with van der Waals surface area (Å²) in [6.45, 7) is 5.62. The summed E-state index contributed by atoms with van der Waals surface area (Å²) in [5.74, 6) is 1.57. The zero-order chi connectivity index (χ0) is 17.4. The van der Waals surface area contributed by atoms with Gasteiger partial charge < -0.3 is 4.90 Å². The summed E-state index contributed by atoms with van der Waals surface area (Å²) in [4.78, 5) is 2.14. The highest BCUT2D eigenvalue weighted by atomic mass is 32.2. The van der Waals surface area contributed by atoms with Crippen molar-refractivity contribution >= 4 is 21.7 Å². The molecule has 4 rings (SSSR count). The molecule has 2 aliphatic rings. The van der Waals surface area contributed by atoms with Crippen LogP contribution in [0.5, 0.6) is 0 Å². The zero-order valence-corrected chi connectivity index (χ0v) is 15.2. The van der Waals surface area contributed by atoms with E-state index in [0.29, 0.717) is 38.4 Å². The minimum atomic E-state index is -3.33. The monoisotopic (exact) mass is 365 g/mol. The fourth-order valence-corrected chi connectivity index (χ4v) is 5.21. The standard InChI is InChI=1S/C15H23N7O2S/c1-13-16-17-14-5-6-15(18-22(13)14)19-7-4-10-21(12-11-19)25(23,24)20-8-2-3-9-20/h5-6H,2-4,7-12H2,1H3. The molecule has 0 aliphatic carbocycles. The Hall–Kier alpha value is -1.78. The Balaban J connectivity index is 1.51.